The molecular formula is C25H34N4OS. The summed E-state index contributed by atoms with van der Waals surface area (Å²) in [4.78, 5) is 10.2. The second kappa shape index (κ2) is 10.7. The Morgan fingerprint density at radius 2 is 1.81 bits per heavy atom. The number of piperidine rings is 1. The summed E-state index contributed by atoms with van der Waals surface area (Å²) in [5, 5.41) is 2.04. The Kier molecular flexibility index (Phi) is 8.04. The largest absolute Gasteiger partial charge is 0.362 e. The first-order chi connectivity index (χ1) is 14.8. The molecule has 2 aromatic rings. The number of aliphatic imine (C=N–C) groups is 1. The highest BCUT2D eigenvalue weighted by Crippen LogP contribution is 2.18. The van der Waals surface area contributed by atoms with Crippen LogP contribution in [0.5, 0.6) is 0 Å². The van der Waals surface area contributed by atoms with Gasteiger partial charge in [0.25, 0.3) is 0 Å². The van der Waals surface area contributed by atoms with Crippen molar-refractivity contribution in [3.63, 3.8) is 0 Å². The van der Waals surface area contributed by atoms with Crippen LogP contribution < -0.4 is 15.2 Å². The van der Waals surface area contributed by atoms with Gasteiger partial charge in [-0.05, 0) is 50.0 Å². The van der Waals surface area contributed by atoms with Crippen LogP contribution in [0.4, 0.5) is 0 Å². The van der Waals surface area contributed by atoms with E-state index in [1.54, 1.807) is 0 Å². The average molecular weight is 439 g/mol. The Morgan fingerprint density at radius 3 is 2.42 bits per heavy atom. The number of aryl methyl sites for hydroxylation is 1. The zero-order chi connectivity index (χ0) is 22.4. The first-order valence-corrected chi connectivity index (χ1v) is 12.0. The van der Waals surface area contributed by atoms with Crippen LogP contribution in [-0.4, -0.2) is 53.6 Å². The van der Waals surface area contributed by atoms with Crippen molar-refractivity contribution >= 4 is 29.2 Å². The van der Waals surface area contributed by atoms with Gasteiger partial charge in [0.1, 0.15) is 22.6 Å². The quantitative estimate of drug-likeness (QED) is 0.557. The Bertz CT molecular complexity index is 1040. The third-order valence-electron chi connectivity index (χ3n) is 5.76. The van der Waals surface area contributed by atoms with E-state index < -0.39 is 11.0 Å². The number of nitrogens with one attached hydrogen (secondary N) is 1. The number of benzene rings is 2. The molecule has 1 N–H and O–H groups in total. The number of hydrogen-bond acceptors (Lipinski definition) is 3. The highest BCUT2D eigenvalue weighted by Gasteiger charge is 2.21. The van der Waals surface area contributed by atoms with Crippen LogP contribution in [0.1, 0.15) is 25.3 Å². The predicted octanol–water partition coefficient (Wildman–Crippen LogP) is 2.48. The molecule has 1 heterocycles. The highest BCUT2D eigenvalue weighted by atomic mass is 32.2. The van der Waals surface area contributed by atoms with Crippen LogP contribution >= 0.6 is 0 Å². The lowest BCUT2D eigenvalue weighted by molar-refractivity contribution is 0.266. The summed E-state index contributed by atoms with van der Waals surface area (Å²) in [6.45, 7) is 11.0. The summed E-state index contributed by atoms with van der Waals surface area (Å²) < 4.78 is 15.7. The Morgan fingerprint density at radius 1 is 1.16 bits per heavy atom. The molecule has 0 radical (unpaired) electrons. The molecule has 1 saturated heterocycles. The second-order valence-corrected chi connectivity index (χ2v) is 9.69. The molecule has 6 heteroatoms. The van der Waals surface area contributed by atoms with Crippen molar-refractivity contribution in [1.29, 1.82) is 0 Å². The van der Waals surface area contributed by atoms with Crippen molar-refractivity contribution in [3.8, 4) is 0 Å². The Balaban J connectivity index is 1.59. The number of rotatable bonds is 6. The molecule has 0 aromatic heterocycles. The lowest BCUT2D eigenvalue weighted by Gasteiger charge is -2.33. The molecule has 0 bridgehead atoms. The van der Waals surface area contributed by atoms with Crippen molar-refractivity contribution in [2.45, 2.75) is 31.6 Å². The fraction of sp³-hybridized carbons (Fsp3) is 0.400. The second-order valence-electron chi connectivity index (χ2n) is 8.39. The molecule has 0 saturated carbocycles. The van der Waals surface area contributed by atoms with Crippen LogP contribution in [-0.2, 0) is 11.0 Å². The number of likely N-dealkylation sites (tertiary alicyclic amines) is 1. The standard InChI is InChI=1S/C25H34N4OS/c1-19-10-12-23(13-11-19)31(30)26-18-22-14-16-29(17-15-22)21(3)27-25(28(4)5)24-9-7-6-8-20(24)2/h6-13,22,26H,2,14-18H2,1,3-5H3/b25-24+,27-21+. The lowest BCUT2D eigenvalue weighted by Crippen LogP contribution is -2.40. The summed E-state index contributed by atoms with van der Waals surface area (Å²) in [5.74, 6) is 2.48. The van der Waals surface area contributed by atoms with Crippen LogP contribution in [0.15, 0.2) is 58.4 Å². The van der Waals surface area contributed by atoms with Crippen molar-refractivity contribution in [3.05, 3.63) is 64.5 Å². The van der Waals surface area contributed by atoms with Crippen LogP contribution in [0.25, 0.3) is 12.4 Å². The smallest absolute Gasteiger partial charge is 0.137 e. The zero-order valence-corrected chi connectivity index (χ0v) is 19.9. The number of amidine groups is 1. The van der Waals surface area contributed by atoms with Gasteiger partial charge in [0, 0.05) is 38.9 Å². The maximum Gasteiger partial charge on any atom is 0.137 e. The van der Waals surface area contributed by atoms with E-state index in [9.17, 15) is 4.21 Å². The van der Waals surface area contributed by atoms with Crippen molar-refractivity contribution < 1.29 is 4.21 Å². The van der Waals surface area contributed by atoms with E-state index in [0.717, 1.165) is 59.5 Å². The SMILES string of the molecule is C=c1cccc/c1=C(/N=C(\C)N1CCC(CNS(=O)c2ccc(C)cc2)CC1)N(C)C. The molecule has 1 aliphatic heterocycles. The molecule has 5 nitrogen and oxygen atoms in total. The van der Waals surface area contributed by atoms with Gasteiger partial charge in [-0.25, -0.2) is 13.9 Å². The monoisotopic (exact) mass is 438 g/mol. The van der Waals surface area contributed by atoms with E-state index in [4.69, 9.17) is 4.99 Å². The topological polar surface area (TPSA) is 47.9 Å². The minimum absolute atomic E-state index is 0.524. The highest BCUT2D eigenvalue weighted by molar-refractivity contribution is 7.83. The van der Waals surface area contributed by atoms with E-state index in [2.05, 4.69) is 29.2 Å². The Hall–Kier alpha value is -2.44. The van der Waals surface area contributed by atoms with Gasteiger partial charge < -0.3 is 9.80 Å². The van der Waals surface area contributed by atoms with E-state index in [0.29, 0.717) is 5.92 Å². The third-order valence-corrected chi connectivity index (χ3v) is 6.89. The fourth-order valence-corrected chi connectivity index (χ4v) is 4.70. The maximum absolute atomic E-state index is 12.5. The first kappa shape index (κ1) is 23.2. The fourth-order valence-electron chi connectivity index (χ4n) is 3.76. The molecule has 0 aliphatic carbocycles. The summed E-state index contributed by atoms with van der Waals surface area (Å²) >= 11 is 0. The number of hydrogen-bond donors (Lipinski definition) is 1. The number of nitrogens with zero attached hydrogens (tertiary/aromatic N) is 3. The summed E-state index contributed by atoms with van der Waals surface area (Å²) in [7, 11) is 2.89. The van der Waals surface area contributed by atoms with Crippen molar-refractivity contribution in [2.75, 3.05) is 33.7 Å². The summed E-state index contributed by atoms with van der Waals surface area (Å²) in [5.41, 5.74) is 1.18. The zero-order valence-electron chi connectivity index (χ0n) is 19.1. The van der Waals surface area contributed by atoms with Gasteiger partial charge in [-0.2, -0.15) is 0 Å². The van der Waals surface area contributed by atoms with E-state index in [1.165, 1.54) is 5.56 Å². The molecule has 31 heavy (non-hydrogen) atoms. The Labute approximate surface area is 188 Å². The van der Waals surface area contributed by atoms with Crippen LogP contribution in [0.3, 0.4) is 0 Å². The van der Waals surface area contributed by atoms with Gasteiger partial charge in [0.2, 0.25) is 0 Å². The molecular weight excluding hydrogens is 404 g/mol. The summed E-state index contributed by atoms with van der Waals surface area (Å²) in [6.07, 6.45) is 2.13. The molecule has 1 unspecified atom stereocenters. The van der Waals surface area contributed by atoms with Gasteiger partial charge >= 0.3 is 0 Å². The van der Waals surface area contributed by atoms with Gasteiger partial charge in [-0.15, -0.1) is 0 Å². The van der Waals surface area contributed by atoms with E-state index in [1.807, 2.05) is 68.4 Å². The molecule has 0 spiro atoms. The predicted molar refractivity (Wildman–Crippen MR) is 131 cm³/mol. The van der Waals surface area contributed by atoms with Gasteiger partial charge in [0.15, 0.2) is 0 Å². The molecule has 1 atom stereocenters. The minimum atomic E-state index is -1.15. The van der Waals surface area contributed by atoms with Crippen molar-refractivity contribution in [2.24, 2.45) is 10.9 Å². The summed E-state index contributed by atoms with van der Waals surface area (Å²) in [6, 6.07) is 16.0. The molecule has 3 rings (SSSR count). The van der Waals surface area contributed by atoms with Crippen molar-refractivity contribution in [1.82, 2.24) is 14.5 Å². The molecule has 166 valence electrons. The maximum atomic E-state index is 12.5. The van der Waals surface area contributed by atoms with Gasteiger partial charge in [0.05, 0.1) is 4.90 Å². The van der Waals surface area contributed by atoms with Gasteiger partial charge in [-0.3, -0.25) is 0 Å². The van der Waals surface area contributed by atoms with E-state index >= 15 is 0 Å². The molecule has 1 fully saturated rings. The van der Waals surface area contributed by atoms with Crippen LogP contribution in [0, 0.1) is 12.8 Å². The molecule has 2 aromatic carbocycles. The molecule has 0 amide bonds. The van der Waals surface area contributed by atoms with Crippen LogP contribution in [0.2, 0.25) is 0 Å². The first-order valence-electron chi connectivity index (χ1n) is 10.8. The molecule has 1 aliphatic rings. The van der Waals surface area contributed by atoms with E-state index in [-0.39, 0.29) is 0 Å². The minimum Gasteiger partial charge on any atom is -0.362 e. The lowest BCUT2D eigenvalue weighted by atomic mass is 9.97. The average Bonchev–Trinajstić information content (AvgIpc) is 2.77. The third kappa shape index (κ3) is 6.28. The normalized spacial score (nSPS) is 17.4. The van der Waals surface area contributed by atoms with Gasteiger partial charge in [-0.1, -0.05) is 48.5 Å².